The largest absolute Gasteiger partial charge is 0.480 e. The normalized spacial score (nSPS) is 15.7. The molecule has 0 aliphatic carbocycles. The van der Waals surface area contributed by atoms with Crippen molar-refractivity contribution in [2.45, 2.75) is 66.0 Å². The average molecular weight is 325 g/mol. The summed E-state index contributed by atoms with van der Waals surface area (Å²) in [6, 6.07) is 0.311. The molecule has 0 N–H and O–H groups in total. The molecule has 0 spiro atoms. The maximum Gasteiger partial charge on any atom is 0.410 e. The molecule has 0 aromatic carbocycles. The summed E-state index contributed by atoms with van der Waals surface area (Å²) in [5.41, 5.74) is 0.590. The third kappa shape index (κ3) is 5.44. The fourth-order valence-corrected chi connectivity index (χ4v) is 2.49. The van der Waals surface area contributed by atoms with Crippen LogP contribution in [0.25, 0.3) is 0 Å². The van der Waals surface area contributed by atoms with Crippen LogP contribution in [0.5, 0.6) is 5.88 Å². The molecule has 0 unspecified atom stereocenters. The van der Waals surface area contributed by atoms with Gasteiger partial charge in [-0.1, -0.05) is 13.8 Å². The fraction of sp³-hybridized carbons (Fsp3) is 0.765. The Morgan fingerprint density at radius 1 is 1.26 bits per heavy atom. The minimum Gasteiger partial charge on any atom is -0.480 e. The van der Waals surface area contributed by atoms with Crippen LogP contribution in [-0.4, -0.2) is 46.6 Å². The van der Waals surface area contributed by atoms with Gasteiger partial charge < -0.3 is 14.4 Å². The van der Waals surface area contributed by atoms with Crippen LogP contribution < -0.4 is 4.74 Å². The van der Waals surface area contributed by atoms with E-state index in [0.29, 0.717) is 25.0 Å². The molecule has 23 heavy (non-hydrogen) atoms. The SMILES string of the molecule is CC.COc1nn(C2CCN(C(=O)OC(C)(C)C)CC2)cc1C. The van der Waals surface area contributed by atoms with E-state index >= 15 is 0 Å². The van der Waals surface area contributed by atoms with Gasteiger partial charge in [-0.15, -0.1) is 5.10 Å². The van der Waals surface area contributed by atoms with Crippen molar-refractivity contribution in [3.05, 3.63) is 11.8 Å². The fourth-order valence-electron chi connectivity index (χ4n) is 2.49. The molecule has 0 radical (unpaired) electrons. The molecule has 1 aromatic rings. The lowest BCUT2D eigenvalue weighted by molar-refractivity contribution is 0.0184. The maximum absolute atomic E-state index is 12.0. The molecule has 2 rings (SSSR count). The minimum atomic E-state index is -0.444. The van der Waals surface area contributed by atoms with E-state index in [0.717, 1.165) is 18.4 Å². The number of aromatic nitrogens is 2. The zero-order chi connectivity index (χ0) is 17.6. The molecule has 1 aromatic heterocycles. The Balaban J connectivity index is 0.00000127. The summed E-state index contributed by atoms with van der Waals surface area (Å²) in [5, 5.41) is 4.44. The first-order chi connectivity index (χ1) is 10.8. The second-order valence-electron chi connectivity index (χ2n) is 6.50. The zero-order valence-corrected chi connectivity index (χ0v) is 15.5. The number of carbonyl (C=O) groups is 1. The van der Waals surface area contributed by atoms with Crippen LogP contribution in [0, 0.1) is 6.92 Å². The topological polar surface area (TPSA) is 56.6 Å². The number of hydrogen-bond acceptors (Lipinski definition) is 4. The van der Waals surface area contributed by atoms with E-state index in [9.17, 15) is 4.79 Å². The van der Waals surface area contributed by atoms with Crippen molar-refractivity contribution in [3.8, 4) is 5.88 Å². The number of rotatable bonds is 2. The zero-order valence-electron chi connectivity index (χ0n) is 15.5. The minimum absolute atomic E-state index is 0.227. The van der Waals surface area contributed by atoms with Crippen LogP contribution in [-0.2, 0) is 4.74 Å². The summed E-state index contributed by atoms with van der Waals surface area (Å²) < 4.78 is 12.6. The molecule has 0 atom stereocenters. The second kappa shape index (κ2) is 8.22. The van der Waals surface area contributed by atoms with Crippen molar-refractivity contribution in [2.75, 3.05) is 20.2 Å². The Hall–Kier alpha value is -1.72. The number of piperidine rings is 1. The van der Waals surface area contributed by atoms with Crippen LogP contribution in [0.3, 0.4) is 0 Å². The van der Waals surface area contributed by atoms with E-state index in [2.05, 4.69) is 5.10 Å². The monoisotopic (exact) mass is 325 g/mol. The first-order valence-electron chi connectivity index (χ1n) is 8.38. The van der Waals surface area contributed by atoms with Gasteiger partial charge in [-0.2, -0.15) is 0 Å². The summed E-state index contributed by atoms with van der Waals surface area (Å²) in [6.45, 7) is 13.0. The number of carbonyl (C=O) groups excluding carboxylic acids is 1. The highest BCUT2D eigenvalue weighted by Gasteiger charge is 2.28. The van der Waals surface area contributed by atoms with Crippen LogP contribution >= 0.6 is 0 Å². The molecule has 132 valence electrons. The van der Waals surface area contributed by atoms with Crippen LogP contribution in [0.2, 0.25) is 0 Å². The van der Waals surface area contributed by atoms with Gasteiger partial charge in [0.25, 0.3) is 0 Å². The molecule has 6 nitrogen and oxygen atoms in total. The Morgan fingerprint density at radius 3 is 2.26 bits per heavy atom. The van der Waals surface area contributed by atoms with Crippen LogP contribution in [0.4, 0.5) is 4.79 Å². The summed E-state index contributed by atoms with van der Waals surface area (Å²) >= 11 is 0. The molecule has 1 amide bonds. The van der Waals surface area contributed by atoms with E-state index in [1.165, 1.54) is 0 Å². The third-order valence-electron chi connectivity index (χ3n) is 3.55. The molecular weight excluding hydrogens is 294 g/mol. The predicted molar refractivity (Wildman–Crippen MR) is 90.9 cm³/mol. The van der Waals surface area contributed by atoms with E-state index in [1.807, 2.05) is 52.4 Å². The molecule has 1 fully saturated rings. The molecule has 1 aliphatic heterocycles. The average Bonchev–Trinajstić information content (AvgIpc) is 2.89. The molecule has 2 heterocycles. The summed E-state index contributed by atoms with van der Waals surface area (Å²) in [4.78, 5) is 13.8. The lowest BCUT2D eigenvalue weighted by Gasteiger charge is -2.33. The van der Waals surface area contributed by atoms with Crippen molar-refractivity contribution in [3.63, 3.8) is 0 Å². The van der Waals surface area contributed by atoms with Gasteiger partial charge in [-0.3, -0.25) is 4.68 Å². The number of amides is 1. The smallest absolute Gasteiger partial charge is 0.410 e. The molecule has 1 saturated heterocycles. The highest BCUT2D eigenvalue weighted by atomic mass is 16.6. The Kier molecular flexibility index (Phi) is 6.91. The third-order valence-corrected chi connectivity index (χ3v) is 3.55. The number of ether oxygens (including phenoxy) is 2. The molecule has 0 bridgehead atoms. The van der Waals surface area contributed by atoms with Crippen molar-refractivity contribution in [2.24, 2.45) is 0 Å². The maximum atomic E-state index is 12.0. The number of hydrogen-bond donors (Lipinski definition) is 0. The van der Waals surface area contributed by atoms with E-state index < -0.39 is 5.60 Å². The number of methoxy groups -OCH3 is 1. The number of aryl methyl sites for hydroxylation is 1. The van der Waals surface area contributed by atoms with E-state index in [-0.39, 0.29) is 6.09 Å². The van der Waals surface area contributed by atoms with E-state index in [4.69, 9.17) is 9.47 Å². The van der Waals surface area contributed by atoms with E-state index in [1.54, 1.807) is 12.0 Å². The lowest BCUT2D eigenvalue weighted by atomic mass is 10.1. The van der Waals surface area contributed by atoms with Gasteiger partial charge in [0.15, 0.2) is 0 Å². The molecule has 1 aliphatic rings. The Bertz CT molecular complexity index is 498. The van der Waals surface area contributed by atoms with Gasteiger partial charge in [0.1, 0.15) is 5.60 Å². The quantitative estimate of drug-likeness (QED) is 0.830. The van der Waals surface area contributed by atoms with Crippen molar-refractivity contribution in [1.82, 2.24) is 14.7 Å². The second-order valence-corrected chi connectivity index (χ2v) is 6.50. The predicted octanol–water partition coefficient (Wildman–Crippen LogP) is 3.80. The first kappa shape index (κ1) is 19.3. The van der Waals surface area contributed by atoms with Crippen molar-refractivity contribution < 1.29 is 14.3 Å². The molecule has 6 heteroatoms. The van der Waals surface area contributed by atoms with Gasteiger partial charge in [0.2, 0.25) is 5.88 Å². The van der Waals surface area contributed by atoms with Gasteiger partial charge >= 0.3 is 6.09 Å². The lowest BCUT2D eigenvalue weighted by Crippen LogP contribution is -2.42. The molecular formula is C17H31N3O3. The van der Waals surface area contributed by atoms with Crippen LogP contribution in [0.15, 0.2) is 6.20 Å². The van der Waals surface area contributed by atoms with Gasteiger partial charge in [-0.05, 0) is 40.5 Å². The van der Waals surface area contributed by atoms with Crippen molar-refractivity contribution in [1.29, 1.82) is 0 Å². The molecule has 0 saturated carbocycles. The number of nitrogens with zero attached hydrogens (tertiary/aromatic N) is 3. The summed E-state index contributed by atoms with van der Waals surface area (Å²) in [6.07, 6.45) is 3.54. The van der Waals surface area contributed by atoms with Crippen LogP contribution in [0.1, 0.15) is 59.1 Å². The highest BCUT2D eigenvalue weighted by molar-refractivity contribution is 5.68. The Labute approximate surface area is 139 Å². The standard InChI is InChI=1S/C15H25N3O3.C2H6/c1-11-10-18(16-13(11)20-5)12-6-8-17(9-7-12)14(19)21-15(2,3)4;1-2/h10,12H,6-9H2,1-5H3;1-2H3. The number of likely N-dealkylation sites (tertiary alicyclic amines) is 1. The first-order valence-corrected chi connectivity index (χ1v) is 8.38. The Morgan fingerprint density at radius 2 is 1.83 bits per heavy atom. The highest BCUT2D eigenvalue weighted by Crippen LogP contribution is 2.26. The van der Waals surface area contributed by atoms with Crippen molar-refractivity contribution >= 4 is 6.09 Å². The van der Waals surface area contributed by atoms with Gasteiger partial charge in [-0.25, -0.2) is 4.79 Å². The van der Waals surface area contributed by atoms with Gasteiger partial charge in [0, 0.05) is 24.8 Å². The van der Waals surface area contributed by atoms with Gasteiger partial charge in [0.05, 0.1) is 13.2 Å². The summed E-state index contributed by atoms with van der Waals surface area (Å²) in [5.74, 6) is 0.671. The summed E-state index contributed by atoms with van der Waals surface area (Å²) in [7, 11) is 1.63.